The Balaban J connectivity index is 2.10. The molecule has 2 aromatic carbocycles. The molecule has 116 valence electrons. The molecule has 0 spiro atoms. The third kappa shape index (κ3) is 4.10. The van der Waals surface area contributed by atoms with Gasteiger partial charge in [-0.05, 0) is 64.7 Å². The van der Waals surface area contributed by atoms with Crippen molar-refractivity contribution in [2.75, 3.05) is 6.61 Å². The van der Waals surface area contributed by atoms with Crippen LogP contribution in [0.2, 0.25) is 0 Å². The van der Waals surface area contributed by atoms with E-state index in [2.05, 4.69) is 29.8 Å². The molecular formula is C18H19BrO3. The van der Waals surface area contributed by atoms with Crippen LogP contribution in [-0.4, -0.2) is 12.6 Å². The van der Waals surface area contributed by atoms with E-state index in [9.17, 15) is 4.79 Å². The normalized spacial score (nSPS) is 10.6. The Hall–Kier alpha value is -1.81. The first-order valence-electron chi connectivity index (χ1n) is 7.25. The lowest BCUT2D eigenvalue weighted by molar-refractivity contribution is 0.0734. The molecular weight excluding hydrogens is 344 g/mol. The minimum atomic E-state index is -0.388. The topological polar surface area (TPSA) is 35.5 Å². The van der Waals surface area contributed by atoms with E-state index in [1.54, 1.807) is 18.2 Å². The molecule has 0 bridgehead atoms. The molecule has 0 aliphatic carbocycles. The first-order chi connectivity index (χ1) is 10.5. The summed E-state index contributed by atoms with van der Waals surface area (Å²) in [6.07, 6.45) is 0. The minimum absolute atomic E-state index is 0.388. The fourth-order valence-electron chi connectivity index (χ4n) is 1.99. The predicted octanol–water partition coefficient (Wildman–Crippen LogP) is 5.19. The molecule has 0 heterocycles. The largest absolute Gasteiger partial charge is 0.493 e. The van der Waals surface area contributed by atoms with Crippen LogP contribution in [0.4, 0.5) is 0 Å². The number of esters is 1. The summed E-state index contributed by atoms with van der Waals surface area (Å²) in [5, 5.41) is 0. The summed E-state index contributed by atoms with van der Waals surface area (Å²) in [7, 11) is 0. The third-order valence-electron chi connectivity index (χ3n) is 3.22. The fraction of sp³-hybridized carbons (Fsp3) is 0.278. The third-order valence-corrected chi connectivity index (χ3v) is 3.84. The fourth-order valence-corrected chi connectivity index (χ4v) is 2.48. The highest BCUT2D eigenvalue weighted by Crippen LogP contribution is 2.27. The van der Waals surface area contributed by atoms with Crippen molar-refractivity contribution >= 4 is 21.9 Å². The zero-order valence-electron chi connectivity index (χ0n) is 12.9. The average molecular weight is 363 g/mol. The van der Waals surface area contributed by atoms with Crippen LogP contribution in [0.15, 0.2) is 46.9 Å². The van der Waals surface area contributed by atoms with Gasteiger partial charge in [-0.2, -0.15) is 0 Å². The van der Waals surface area contributed by atoms with Gasteiger partial charge in [0, 0.05) is 0 Å². The van der Waals surface area contributed by atoms with Gasteiger partial charge in [-0.3, -0.25) is 0 Å². The Morgan fingerprint density at radius 2 is 1.82 bits per heavy atom. The Labute approximate surface area is 139 Å². The maximum atomic E-state index is 12.2. The van der Waals surface area contributed by atoms with E-state index in [0.717, 1.165) is 4.47 Å². The first-order valence-corrected chi connectivity index (χ1v) is 8.05. The van der Waals surface area contributed by atoms with Crippen molar-refractivity contribution in [1.82, 2.24) is 0 Å². The number of benzene rings is 2. The monoisotopic (exact) mass is 362 g/mol. The number of ether oxygens (including phenoxy) is 2. The summed E-state index contributed by atoms with van der Waals surface area (Å²) in [5.74, 6) is 1.31. The van der Waals surface area contributed by atoms with E-state index < -0.39 is 0 Å². The number of carbonyl (C=O) groups excluding carboxylic acids is 1. The Morgan fingerprint density at radius 3 is 2.36 bits per heavy atom. The summed E-state index contributed by atoms with van der Waals surface area (Å²) in [4.78, 5) is 12.2. The minimum Gasteiger partial charge on any atom is -0.493 e. The van der Waals surface area contributed by atoms with Gasteiger partial charge in [0.05, 0.1) is 16.6 Å². The second-order valence-corrected chi connectivity index (χ2v) is 6.05. The molecule has 0 amide bonds. The van der Waals surface area contributed by atoms with Gasteiger partial charge in [-0.1, -0.05) is 26.0 Å². The molecule has 2 aromatic rings. The van der Waals surface area contributed by atoms with Crippen LogP contribution in [0.3, 0.4) is 0 Å². The van der Waals surface area contributed by atoms with E-state index in [-0.39, 0.29) is 5.97 Å². The van der Waals surface area contributed by atoms with Gasteiger partial charge in [0.2, 0.25) is 0 Å². The molecule has 0 aliphatic rings. The average Bonchev–Trinajstić information content (AvgIpc) is 2.50. The maximum Gasteiger partial charge on any atom is 0.343 e. The van der Waals surface area contributed by atoms with Crippen molar-refractivity contribution in [2.45, 2.75) is 26.7 Å². The molecule has 0 aromatic heterocycles. The number of hydrogen-bond donors (Lipinski definition) is 0. The number of carbonyl (C=O) groups is 1. The molecule has 0 saturated carbocycles. The number of hydrogen-bond acceptors (Lipinski definition) is 3. The van der Waals surface area contributed by atoms with Crippen molar-refractivity contribution in [1.29, 1.82) is 0 Å². The van der Waals surface area contributed by atoms with Crippen LogP contribution in [0, 0.1) is 0 Å². The summed E-state index contributed by atoms with van der Waals surface area (Å²) in [6.45, 7) is 6.73. The van der Waals surface area contributed by atoms with E-state index in [1.807, 2.05) is 31.2 Å². The quantitative estimate of drug-likeness (QED) is 0.542. The second kappa shape index (κ2) is 7.45. The number of halogens is 1. The molecule has 0 atom stereocenters. The predicted molar refractivity (Wildman–Crippen MR) is 90.8 cm³/mol. The maximum absolute atomic E-state index is 12.2. The van der Waals surface area contributed by atoms with Crippen LogP contribution < -0.4 is 9.47 Å². The van der Waals surface area contributed by atoms with Gasteiger partial charge in [-0.15, -0.1) is 0 Å². The smallest absolute Gasteiger partial charge is 0.343 e. The van der Waals surface area contributed by atoms with Crippen molar-refractivity contribution in [3.63, 3.8) is 0 Å². The van der Waals surface area contributed by atoms with Gasteiger partial charge < -0.3 is 9.47 Å². The van der Waals surface area contributed by atoms with Crippen LogP contribution in [0.5, 0.6) is 11.5 Å². The van der Waals surface area contributed by atoms with Crippen LogP contribution in [-0.2, 0) is 0 Å². The molecule has 0 fully saturated rings. The van der Waals surface area contributed by atoms with Gasteiger partial charge in [-0.25, -0.2) is 4.79 Å². The molecule has 3 nitrogen and oxygen atoms in total. The molecule has 0 aliphatic heterocycles. The van der Waals surface area contributed by atoms with Crippen LogP contribution in [0.25, 0.3) is 0 Å². The highest BCUT2D eigenvalue weighted by atomic mass is 79.9. The zero-order valence-corrected chi connectivity index (χ0v) is 14.5. The summed E-state index contributed by atoms with van der Waals surface area (Å²) < 4.78 is 11.6. The lowest BCUT2D eigenvalue weighted by atomic mass is 10.0. The molecule has 0 N–H and O–H groups in total. The zero-order chi connectivity index (χ0) is 16.1. The molecule has 0 radical (unpaired) electrons. The van der Waals surface area contributed by atoms with E-state index in [4.69, 9.17) is 9.47 Å². The molecule has 2 rings (SSSR count). The first kappa shape index (κ1) is 16.6. The standard InChI is InChI=1S/C18H19BrO3/c1-4-21-17-10-7-14(11-16(17)19)18(20)22-15-8-5-13(6-9-15)12(2)3/h5-12H,4H2,1-3H3. The van der Waals surface area contributed by atoms with E-state index in [0.29, 0.717) is 29.6 Å². The molecule has 0 unspecified atom stereocenters. The van der Waals surface area contributed by atoms with Crippen molar-refractivity contribution in [3.8, 4) is 11.5 Å². The van der Waals surface area contributed by atoms with Gasteiger partial charge in [0.15, 0.2) is 0 Å². The van der Waals surface area contributed by atoms with E-state index >= 15 is 0 Å². The Bertz CT molecular complexity index is 648. The summed E-state index contributed by atoms with van der Waals surface area (Å²) >= 11 is 3.39. The SMILES string of the molecule is CCOc1ccc(C(=O)Oc2ccc(C(C)C)cc2)cc1Br. The number of rotatable bonds is 5. The van der Waals surface area contributed by atoms with Gasteiger partial charge >= 0.3 is 5.97 Å². The highest BCUT2D eigenvalue weighted by Gasteiger charge is 2.11. The van der Waals surface area contributed by atoms with Crippen molar-refractivity contribution in [2.24, 2.45) is 0 Å². The lowest BCUT2D eigenvalue weighted by Crippen LogP contribution is -2.08. The van der Waals surface area contributed by atoms with Gasteiger partial charge in [0.25, 0.3) is 0 Å². The molecule has 4 heteroatoms. The van der Waals surface area contributed by atoms with Crippen molar-refractivity contribution in [3.05, 3.63) is 58.1 Å². The Morgan fingerprint density at radius 1 is 1.14 bits per heavy atom. The Kier molecular flexibility index (Phi) is 5.61. The highest BCUT2D eigenvalue weighted by molar-refractivity contribution is 9.10. The molecule has 0 saturated heterocycles. The molecule has 22 heavy (non-hydrogen) atoms. The van der Waals surface area contributed by atoms with Crippen LogP contribution >= 0.6 is 15.9 Å². The van der Waals surface area contributed by atoms with Crippen LogP contribution in [0.1, 0.15) is 42.6 Å². The van der Waals surface area contributed by atoms with E-state index in [1.165, 1.54) is 5.56 Å². The van der Waals surface area contributed by atoms with Crippen molar-refractivity contribution < 1.29 is 14.3 Å². The lowest BCUT2D eigenvalue weighted by Gasteiger charge is -2.09. The summed E-state index contributed by atoms with van der Waals surface area (Å²) in [5.41, 5.74) is 1.69. The summed E-state index contributed by atoms with van der Waals surface area (Å²) in [6, 6.07) is 12.7. The second-order valence-electron chi connectivity index (χ2n) is 5.19. The van der Waals surface area contributed by atoms with Gasteiger partial charge in [0.1, 0.15) is 11.5 Å².